The molecule has 2 amide bonds. The number of nitrogens with one attached hydrogen (secondary N) is 1. The van der Waals surface area contributed by atoms with Crippen molar-refractivity contribution in [1.29, 1.82) is 0 Å². The van der Waals surface area contributed by atoms with Crippen LogP contribution >= 0.6 is 11.8 Å². The van der Waals surface area contributed by atoms with E-state index in [0.29, 0.717) is 16.6 Å². The Morgan fingerprint density at radius 3 is 1.59 bits per heavy atom. The van der Waals surface area contributed by atoms with E-state index in [1.54, 1.807) is 0 Å². The summed E-state index contributed by atoms with van der Waals surface area (Å²) in [4.78, 5) is 29.2. The van der Waals surface area contributed by atoms with Crippen LogP contribution in [0.1, 0.15) is 58.2 Å². The van der Waals surface area contributed by atoms with Crippen LogP contribution < -0.4 is 11.1 Å². The highest BCUT2D eigenvalue weighted by molar-refractivity contribution is 8.00. The monoisotopic (exact) mass is 631 g/mol. The predicted molar refractivity (Wildman–Crippen MR) is 183 cm³/mol. The molecule has 0 radical (unpaired) electrons. The average Bonchev–Trinajstić information content (AvgIpc) is 3.01. The largest absolute Gasteiger partial charge is 0.413 e. The Morgan fingerprint density at radius 2 is 1.25 bits per heavy atom. The van der Waals surface area contributed by atoms with Crippen LogP contribution in [0.5, 0.6) is 0 Å². The van der Waals surface area contributed by atoms with E-state index in [0.717, 1.165) is 16.7 Å². The number of hydrogen-bond donors (Lipinski definition) is 2. The molecule has 3 aromatic carbocycles. The SMILES string of the molecule is CC(C)[Si](OC[C@H](NC(=O)[C@H](CSC(c1ccccc1)(c1ccccc1)c1ccccc1)N=[N+]=[N-])C(N)=O)(C(C)C)C(C)C. The second-order valence-electron chi connectivity index (χ2n) is 11.9. The summed E-state index contributed by atoms with van der Waals surface area (Å²) in [6, 6.07) is 28.0. The fraction of sp³-hybridized carbons (Fsp3) is 0.412. The molecule has 0 fully saturated rings. The van der Waals surface area contributed by atoms with Crippen LogP contribution in [0.15, 0.2) is 96.1 Å². The van der Waals surface area contributed by atoms with Crippen molar-refractivity contribution in [3.05, 3.63) is 118 Å². The maximum Gasteiger partial charge on any atom is 0.242 e. The molecule has 0 saturated carbocycles. The van der Waals surface area contributed by atoms with Gasteiger partial charge >= 0.3 is 0 Å². The number of nitrogens with two attached hydrogens (primary N) is 1. The topological polar surface area (TPSA) is 130 Å². The Balaban J connectivity index is 1.94. The number of carbonyl (C=O) groups excluding carboxylic acids is 2. The minimum atomic E-state index is -2.33. The molecule has 8 nitrogen and oxygen atoms in total. The minimum Gasteiger partial charge on any atom is -0.413 e. The molecule has 10 heteroatoms. The molecule has 3 aromatic rings. The van der Waals surface area contributed by atoms with Crippen molar-refractivity contribution in [2.45, 2.75) is 75.0 Å². The summed E-state index contributed by atoms with van der Waals surface area (Å²) < 4.78 is 5.87. The van der Waals surface area contributed by atoms with E-state index < -0.39 is 37.0 Å². The number of azide groups is 1. The van der Waals surface area contributed by atoms with Crippen molar-refractivity contribution < 1.29 is 14.0 Å². The van der Waals surface area contributed by atoms with Crippen molar-refractivity contribution in [2.75, 3.05) is 12.4 Å². The van der Waals surface area contributed by atoms with Crippen LogP contribution in [-0.2, 0) is 18.8 Å². The van der Waals surface area contributed by atoms with E-state index in [2.05, 4.69) is 93.3 Å². The Labute approximate surface area is 266 Å². The van der Waals surface area contributed by atoms with Gasteiger partial charge in [0, 0.05) is 10.7 Å². The number of rotatable bonds is 16. The summed E-state index contributed by atoms with van der Waals surface area (Å²) in [7, 11) is -2.33. The zero-order valence-corrected chi connectivity index (χ0v) is 28.3. The smallest absolute Gasteiger partial charge is 0.242 e. The normalized spacial score (nSPS) is 13.4. The van der Waals surface area contributed by atoms with Gasteiger partial charge in [0.15, 0.2) is 8.32 Å². The molecule has 0 spiro atoms. The highest BCUT2D eigenvalue weighted by Gasteiger charge is 2.46. The molecule has 3 rings (SSSR count). The average molecular weight is 632 g/mol. The Hall–Kier alpha value is -3.56. The highest BCUT2D eigenvalue weighted by Crippen LogP contribution is 2.49. The first-order valence-corrected chi connectivity index (χ1v) is 18.2. The highest BCUT2D eigenvalue weighted by atomic mass is 32.2. The second-order valence-corrected chi connectivity index (χ2v) is 18.6. The Kier molecular flexibility index (Phi) is 12.7. The molecular formula is C34H45N5O3SSi. The second kappa shape index (κ2) is 16.0. The van der Waals surface area contributed by atoms with Crippen molar-refractivity contribution in [3.63, 3.8) is 0 Å². The van der Waals surface area contributed by atoms with Gasteiger partial charge in [-0.2, -0.15) is 0 Å². The lowest BCUT2D eigenvalue weighted by molar-refractivity contribution is -0.128. The fourth-order valence-electron chi connectivity index (χ4n) is 6.39. The zero-order chi connectivity index (χ0) is 32.3. The van der Waals surface area contributed by atoms with E-state index in [-0.39, 0.29) is 12.4 Å². The number of primary amides is 1. The molecule has 0 aliphatic carbocycles. The van der Waals surface area contributed by atoms with Crippen LogP contribution in [0.3, 0.4) is 0 Å². The summed E-state index contributed by atoms with van der Waals surface area (Å²) in [5.74, 6) is -1.13. The van der Waals surface area contributed by atoms with Crippen molar-refractivity contribution >= 4 is 31.9 Å². The molecule has 0 aliphatic rings. The first-order chi connectivity index (χ1) is 21.0. The van der Waals surface area contributed by atoms with Crippen LogP contribution in [-0.4, -0.2) is 44.6 Å². The quantitative estimate of drug-likeness (QED) is 0.0556. The maximum absolute atomic E-state index is 13.7. The van der Waals surface area contributed by atoms with E-state index >= 15 is 0 Å². The number of nitrogens with zero attached hydrogens (tertiary/aromatic N) is 3. The number of carbonyl (C=O) groups is 2. The molecule has 234 valence electrons. The van der Waals surface area contributed by atoms with Crippen molar-refractivity contribution in [1.82, 2.24) is 5.32 Å². The van der Waals surface area contributed by atoms with Gasteiger partial charge in [-0.05, 0) is 38.8 Å². The maximum atomic E-state index is 13.7. The van der Waals surface area contributed by atoms with E-state index in [1.165, 1.54) is 11.8 Å². The van der Waals surface area contributed by atoms with Gasteiger partial charge in [-0.3, -0.25) is 9.59 Å². The third-order valence-corrected chi connectivity index (χ3v) is 16.1. The molecular weight excluding hydrogens is 587 g/mol. The molecule has 0 unspecified atom stereocenters. The van der Waals surface area contributed by atoms with Crippen molar-refractivity contribution in [2.24, 2.45) is 10.8 Å². The molecule has 0 saturated heterocycles. The molecule has 2 atom stereocenters. The van der Waals surface area contributed by atoms with Crippen LogP contribution in [0.2, 0.25) is 16.6 Å². The number of hydrogen-bond acceptors (Lipinski definition) is 5. The van der Waals surface area contributed by atoms with E-state index in [1.807, 2.05) is 54.6 Å². The molecule has 0 aromatic heterocycles. The van der Waals surface area contributed by atoms with E-state index in [9.17, 15) is 15.1 Å². The third kappa shape index (κ3) is 7.74. The van der Waals surface area contributed by atoms with Gasteiger partial charge in [0.2, 0.25) is 11.8 Å². The zero-order valence-electron chi connectivity index (χ0n) is 26.5. The summed E-state index contributed by atoms with van der Waals surface area (Å²) in [5, 5.41) is 6.63. The standard InChI is InChI=1S/C34H45N5O3SSi/c1-24(2)44(25(3)4,26(5)6)42-22-30(32(35)40)37-33(41)31(38-39-36)23-43-34(27-16-10-7-11-17-27,28-18-12-8-13-19-28)29-20-14-9-15-21-29/h7-21,24-26,30-31H,22-23H2,1-6H3,(H2,35,40)(H,37,41)/t30-,31-/m0/s1. The van der Waals surface area contributed by atoms with Gasteiger partial charge in [-0.1, -0.05) is 138 Å². The molecule has 44 heavy (non-hydrogen) atoms. The van der Waals surface area contributed by atoms with Gasteiger partial charge in [0.1, 0.15) is 12.1 Å². The van der Waals surface area contributed by atoms with Gasteiger partial charge in [-0.25, -0.2) is 0 Å². The van der Waals surface area contributed by atoms with Crippen LogP contribution in [0.4, 0.5) is 0 Å². The Bertz CT molecular complexity index is 1280. The lowest BCUT2D eigenvalue weighted by Crippen LogP contribution is -2.55. The predicted octanol–water partition coefficient (Wildman–Crippen LogP) is 7.55. The lowest BCUT2D eigenvalue weighted by atomic mass is 9.84. The summed E-state index contributed by atoms with van der Waals surface area (Å²) >= 11 is 1.50. The molecule has 0 bridgehead atoms. The summed E-state index contributed by atoms with van der Waals surface area (Å²) in [6.45, 7) is 12.9. The summed E-state index contributed by atoms with van der Waals surface area (Å²) in [5.41, 5.74) is 19.2. The molecule has 0 heterocycles. The summed E-state index contributed by atoms with van der Waals surface area (Å²) in [6.07, 6.45) is 0. The van der Waals surface area contributed by atoms with Gasteiger partial charge in [0.05, 0.1) is 11.4 Å². The number of benzene rings is 3. The number of thioether (sulfide) groups is 1. The fourth-order valence-corrected chi connectivity index (χ4v) is 13.4. The van der Waals surface area contributed by atoms with Crippen LogP contribution in [0, 0.1) is 0 Å². The number of amides is 2. The first kappa shape index (κ1) is 34.9. The lowest BCUT2D eigenvalue weighted by Gasteiger charge is -2.42. The van der Waals surface area contributed by atoms with Crippen molar-refractivity contribution in [3.8, 4) is 0 Å². The minimum absolute atomic E-state index is 0.0278. The van der Waals surface area contributed by atoms with Gasteiger partial charge < -0.3 is 15.5 Å². The third-order valence-electron chi connectivity index (χ3n) is 8.36. The van der Waals surface area contributed by atoms with Crippen LogP contribution in [0.25, 0.3) is 10.4 Å². The molecule has 0 aliphatic heterocycles. The van der Waals surface area contributed by atoms with Gasteiger partial charge in [0.25, 0.3) is 0 Å². The van der Waals surface area contributed by atoms with E-state index in [4.69, 9.17) is 10.2 Å². The Morgan fingerprint density at radius 1 is 0.841 bits per heavy atom. The van der Waals surface area contributed by atoms with Gasteiger partial charge in [-0.15, -0.1) is 11.8 Å². The molecule has 3 N–H and O–H groups in total. The first-order valence-electron chi connectivity index (χ1n) is 15.1.